The molecular weight excluding hydrogens is 644 g/mol. The minimum atomic E-state index is -0.777. The van der Waals surface area contributed by atoms with E-state index in [1.54, 1.807) is 42.3 Å². The van der Waals surface area contributed by atoms with Crippen LogP contribution in [-0.2, 0) is 17.8 Å². The Morgan fingerprint density at radius 1 is 0.960 bits per heavy atom. The lowest BCUT2D eigenvalue weighted by molar-refractivity contribution is 0.0765. The lowest BCUT2D eigenvalue weighted by Gasteiger charge is -2.20. The van der Waals surface area contributed by atoms with Crippen LogP contribution in [0.2, 0.25) is 0 Å². The Hall–Kier alpha value is -4.94. The Morgan fingerprint density at radius 3 is 2.22 bits per heavy atom. The molecule has 0 saturated carbocycles. The summed E-state index contributed by atoms with van der Waals surface area (Å²) in [7, 11) is 5.09. The number of ether oxygens (including phenoxy) is 3. The fourth-order valence-electron chi connectivity index (χ4n) is 5.32. The number of aldehydes is 1. The van der Waals surface area contributed by atoms with Gasteiger partial charge < -0.3 is 29.7 Å². The van der Waals surface area contributed by atoms with Crippen molar-refractivity contribution in [3.05, 3.63) is 94.8 Å². The summed E-state index contributed by atoms with van der Waals surface area (Å²) in [6, 6.07) is 14.1. The molecule has 0 unspecified atom stereocenters. The Balaban J connectivity index is 0.000000485. The van der Waals surface area contributed by atoms with Crippen molar-refractivity contribution in [2.24, 2.45) is 0 Å². The van der Waals surface area contributed by atoms with Crippen LogP contribution in [0.1, 0.15) is 72.5 Å². The number of aromatic nitrogens is 2. The molecule has 268 valence electrons. The summed E-state index contributed by atoms with van der Waals surface area (Å²) in [5, 5.41) is 6.28. The standard InChI is InChI=1S/C28H22F2N4O4.C6H13NO.2C2H6/c1-37-18-8-7-17(24(10-18)38-2)13-34-14-23-27(28(34)36)22(33-25-9-6-16(15-35)12-31-25)11-21(32-23)26-19(29)4-3-5-20(26)30;1-7-6-2-4-8-5-3-6;2*1-2/h3-12,15H,13-14H2,1-2H3,(H,31,32,33);6-7H,2-5H2,1H3;2*1-2H3. The van der Waals surface area contributed by atoms with Crippen LogP contribution in [0.25, 0.3) is 11.3 Å². The van der Waals surface area contributed by atoms with Crippen molar-refractivity contribution in [2.75, 3.05) is 39.8 Å². The highest BCUT2D eigenvalue weighted by atomic mass is 19.1. The van der Waals surface area contributed by atoms with Crippen LogP contribution in [0.3, 0.4) is 0 Å². The second kappa shape index (κ2) is 19.9. The molecule has 10 nitrogen and oxygen atoms in total. The van der Waals surface area contributed by atoms with Crippen molar-refractivity contribution >= 4 is 23.7 Å². The van der Waals surface area contributed by atoms with Gasteiger partial charge >= 0.3 is 0 Å². The molecule has 4 heterocycles. The summed E-state index contributed by atoms with van der Waals surface area (Å²) in [5.41, 5.74) is 1.76. The molecule has 1 amide bonds. The van der Waals surface area contributed by atoms with E-state index in [1.807, 2.05) is 34.7 Å². The zero-order valence-corrected chi connectivity index (χ0v) is 29.8. The number of halogens is 2. The van der Waals surface area contributed by atoms with Crippen molar-refractivity contribution in [3.8, 4) is 22.8 Å². The molecule has 0 radical (unpaired) electrons. The maximum Gasteiger partial charge on any atom is 0.258 e. The molecule has 0 bridgehead atoms. The van der Waals surface area contributed by atoms with Gasteiger partial charge in [-0.05, 0) is 62.4 Å². The van der Waals surface area contributed by atoms with E-state index in [1.165, 1.54) is 38.3 Å². The number of methoxy groups -OCH3 is 2. The lowest BCUT2D eigenvalue weighted by Crippen LogP contribution is -2.31. The molecule has 4 aromatic rings. The quantitative estimate of drug-likeness (QED) is 0.171. The van der Waals surface area contributed by atoms with Crippen molar-refractivity contribution in [2.45, 2.75) is 59.7 Å². The highest BCUT2D eigenvalue weighted by molar-refractivity contribution is 6.04. The molecule has 0 atom stereocenters. The van der Waals surface area contributed by atoms with Crippen molar-refractivity contribution in [1.29, 1.82) is 0 Å². The van der Waals surface area contributed by atoms with E-state index in [9.17, 15) is 18.4 Å². The molecule has 0 spiro atoms. The first kappa shape index (κ1) is 39.5. The third-order valence-electron chi connectivity index (χ3n) is 7.83. The van der Waals surface area contributed by atoms with Gasteiger partial charge in [0.15, 0.2) is 6.29 Å². The number of nitrogens with one attached hydrogen (secondary N) is 2. The number of anilines is 2. The van der Waals surface area contributed by atoms with Crippen LogP contribution in [-0.4, -0.2) is 67.6 Å². The maximum absolute atomic E-state index is 14.7. The predicted molar refractivity (Wildman–Crippen MR) is 191 cm³/mol. The number of benzene rings is 2. The number of hydrogen-bond donors (Lipinski definition) is 2. The van der Waals surface area contributed by atoms with Gasteiger partial charge in [0.1, 0.15) is 29.0 Å². The second-order valence-corrected chi connectivity index (χ2v) is 10.7. The summed E-state index contributed by atoms with van der Waals surface area (Å²) in [6.45, 7) is 10.2. The van der Waals surface area contributed by atoms with Gasteiger partial charge in [0.2, 0.25) is 0 Å². The van der Waals surface area contributed by atoms with Crippen molar-refractivity contribution < 1.29 is 32.6 Å². The topological polar surface area (TPSA) is 115 Å². The summed E-state index contributed by atoms with van der Waals surface area (Å²) < 4.78 is 45.2. The molecule has 2 aliphatic rings. The van der Waals surface area contributed by atoms with Gasteiger partial charge in [0.25, 0.3) is 5.91 Å². The van der Waals surface area contributed by atoms with Crippen molar-refractivity contribution in [1.82, 2.24) is 20.2 Å². The van der Waals surface area contributed by atoms with E-state index in [0.29, 0.717) is 40.9 Å². The van der Waals surface area contributed by atoms with Crippen LogP contribution in [0, 0.1) is 11.6 Å². The fourth-order valence-corrected chi connectivity index (χ4v) is 5.32. The Kier molecular flexibility index (Phi) is 15.7. The van der Waals surface area contributed by atoms with E-state index in [-0.39, 0.29) is 41.5 Å². The number of pyridine rings is 2. The molecule has 12 heteroatoms. The summed E-state index contributed by atoms with van der Waals surface area (Å²) >= 11 is 0. The molecule has 6 rings (SSSR count). The normalized spacial score (nSPS) is 13.4. The van der Waals surface area contributed by atoms with E-state index in [0.717, 1.165) is 30.9 Å². The smallest absolute Gasteiger partial charge is 0.258 e. The summed E-state index contributed by atoms with van der Waals surface area (Å²) in [4.78, 5) is 34.8. The van der Waals surface area contributed by atoms with Crippen LogP contribution < -0.4 is 20.1 Å². The van der Waals surface area contributed by atoms with Gasteiger partial charge in [0.05, 0.1) is 55.5 Å². The minimum Gasteiger partial charge on any atom is -0.497 e. The van der Waals surface area contributed by atoms with Gasteiger partial charge in [-0.25, -0.2) is 18.7 Å². The molecule has 2 aromatic carbocycles. The maximum atomic E-state index is 14.7. The highest BCUT2D eigenvalue weighted by Crippen LogP contribution is 2.37. The largest absolute Gasteiger partial charge is 0.497 e. The zero-order chi connectivity index (χ0) is 36.6. The van der Waals surface area contributed by atoms with E-state index < -0.39 is 11.6 Å². The number of amides is 1. The molecule has 2 aliphatic heterocycles. The van der Waals surface area contributed by atoms with Gasteiger partial charge in [0, 0.05) is 42.6 Å². The number of rotatable bonds is 9. The van der Waals surface area contributed by atoms with Gasteiger partial charge in [-0.3, -0.25) is 9.59 Å². The van der Waals surface area contributed by atoms with Gasteiger partial charge in [-0.1, -0.05) is 33.8 Å². The molecule has 1 fully saturated rings. The number of carbonyl (C=O) groups excluding carboxylic acids is 2. The number of nitrogens with zero attached hydrogens (tertiary/aromatic N) is 3. The van der Waals surface area contributed by atoms with Gasteiger partial charge in [-0.2, -0.15) is 0 Å². The molecular formula is C38H47F2N5O5. The summed E-state index contributed by atoms with van der Waals surface area (Å²) in [6.07, 6.45) is 4.39. The molecule has 2 aromatic heterocycles. The first-order valence-electron chi connectivity index (χ1n) is 16.8. The van der Waals surface area contributed by atoms with E-state index in [2.05, 4.69) is 20.6 Å². The SMILES string of the molecule is CC.CC.CNC1CCOCC1.COc1ccc(CN2Cc3nc(-c4c(F)cccc4F)cc(Nc4ccc(C=O)cn4)c3C2=O)c(OC)c1. The Morgan fingerprint density at radius 2 is 1.66 bits per heavy atom. The lowest BCUT2D eigenvalue weighted by atomic mass is 10.1. The van der Waals surface area contributed by atoms with Crippen LogP contribution in [0.4, 0.5) is 20.3 Å². The first-order chi connectivity index (χ1) is 24.3. The second-order valence-electron chi connectivity index (χ2n) is 10.7. The Bertz CT molecular complexity index is 1680. The molecule has 1 saturated heterocycles. The van der Waals surface area contributed by atoms with Crippen LogP contribution in [0.5, 0.6) is 11.5 Å². The van der Waals surface area contributed by atoms with E-state index >= 15 is 0 Å². The third-order valence-corrected chi connectivity index (χ3v) is 7.83. The average molecular weight is 692 g/mol. The predicted octanol–water partition coefficient (Wildman–Crippen LogP) is 7.59. The van der Waals surface area contributed by atoms with E-state index in [4.69, 9.17) is 14.2 Å². The number of fused-ring (bicyclic) bond motifs is 1. The highest BCUT2D eigenvalue weighted by Gasteiger charge is 2.33. The molecule has 50 heavy (non-hydrogen) atoms. The van der Waals surface area contributed by atoms with Gasteiger partial charge in [-0.15, -0.1) is 0 Å². The van der Waals surface area contributed by atoms with Crippen LogP contribution in [0.15, 0.2) is 60.8 Å². The number of hydrogen-bond acceptors (Lipinski definition) is 9. The number of carbonyl (C=O) groups is 2. The summed E-state index contributed by atoms with van der Waals surface area (Å²) in [5.74, 6) is -0.376. The monoisotopic (exact) mass is 691 g/mol. The van der Waals surface area contributed by atoms with Crippen LogP contribution >= 0.6 is 0 Å². The fraction of sp³-hybridized carbons (Fsp3) is 0.368. The molecule has 2 N–H and O–H groups in total. The molecule has 0 aliphatic carbocycles. The van der Waals surface area contributed by atoms with Crippen molar-refractivity contribution in [3.63, 3.8) is 0 Å². The Labute approximate surface area is 293 Å². The third kappa shape index (κ3) is 9.82. The minimum absolute atomic E-state index is 0.0306. The zero-order valence-electron chi connectivity index (χ0n) is 29.8. The average Bonchev–Trinajstić information content (AvgIpc) is 3.48. The first-order valence-corrected chi connectivity index (χ1v) is 16.8.